The quantitative estimate of drug-likeness (QED) is 0.0512. The van der Waals surface area contributed by atoms with Gasteiger partial charge < -0.3 is 14.8 Å². The molecule has 49 heavy (non-hydrogen) atoms. The SMILES string of the molecule is O=S(=O)([O-])c1cc(N=C([O-])c2ccc3nc(Cl)c(Cl)nc3c2)c2c([O-])c(N=Nc3ccccc3S(=O)(=O)O)c(S(=O)(=O)O)cc2c1.[Na+].[Na+].[Na+]. The van der Waals surface area contributed by atoms with Crippen molar-refractivity contribution in [2.24, 2.45) is 15.2 Å². The van der Waals surface area contributed by atoms with Gasteiger partial charge in [-0.2, -0.15) is 16.8 Å². The van der Waals surface area contributed by atoms with Gasteiger partial charge in [-0.1, -0.05) is 47.2 Å². The summed E-state index contributed by atoms with van der Waals surface area (Å²) in [6, 6.07) is 10.0. The molecule has 5 rings (SSSR count). The number of nitrogens with zero attached hydrogens (tertiary/aromatic N) is 5. The molecule has 0 fully saturated rings. The Hall–Kier alpha value is -1.34. The first-order valence-electron chi connectivity index (χ1n) is 12.0. The molecule has 1 aromatic heterocycles. The van der Waals surface area contributed by atoms with Crippen LogP contribution in [0.2, 0.25) is 10.3 Å². The third-order valence-corrected chi connectivity index (χ3v) is 9.31. The van der Waals surface area contributed by atoms with Crippen LogP contribution in [0.15, 0.2) is 90.6 Å². The van der Waals surface area contributed by atoms with E-state index < -0.39 is 84.5 Å². The van der Waals surface area contributed by atoms with Gasteiger partial charge in [0.25, 0.3) is 20.2 Å². The molecule has 0 radical (unpaired) electrons. The van der Waals surface area contributed by atoms with E-state index in [0.717, 1.165) is 12.1 Å². The molecular weight excluding hydrogens is 782 g/mol. The van der Waals surface area contributed by atoms with Gasteiger partial charge in [0, 0.05) is 5.39 Å². The molecule has 0 aliphatic carbocycles. The van der Waals surface area contributed by atoms with Crippen molar-refractivity contribution in [2.75, 3.05) is 0 Å². The van der Waals surface area contributed by atoms with Crippen LogP contribution in [0, 0.1) is 0 Å². The van der Waals surface area contributed by atoms with Crippen molar-refractivity contribution in [2.45, 2.75) is 14.7 Å². The molecule has 2 N–H and O–H groups in total. The van der Waals surface area contributed by atoms with E-state index >= 15 is 0 Å². The summed E-state index contributed by atoms with van der Waals surface area (Å²) in [5.41, 5.74) is -2.22. The topological polar surface area (TPSA) is 275 Å². The van der Waals surface area contributed by atoms with Gasteiger partial charge >= 0.3 is 88.7 Å². The maximum Gasteiger partial charge on any atom is 1.00 e. The second-order valence-electron chi connectivity index (χ2n) is 9.09. The molecule has 0 amide bonds. The first kappa shape index (κ1) is 43.8. The van der Waals surface area contributed by atoms with Gasteiger partial charge in [0.15, 0.2) is 10.3 Å². The molecular formula is C25H12Cl2N5Na3O11S3. The Labute approximate surface area is 353 Å². The summed E-state index contributed by atoms with van der Waals surface area (Å²) in [7, 11) is -15.5. The molecule has 0 saturated heterocycles. The van der Waals surface area contributed by atoms with Gasteiger partial charge in [0.1, 0.15) is 25.6 Å². The van der Waals surface area contributed by atoms with Crippen LogP contribution in [0.3, 0.4) is 0 Å². The van der Waals surface area contributed by atoms with Crippen molar-refractivity contribution >= 4 is 98.3 Å². The van der Waals surface area contributed by atoms with Crippen molar-refractivity contribution in [3.63, 3.8) is 0 Å². The molecule has 0 unspecified atom stereocenters. The van der Waals surface area contributed by atoms with Crippen LogP contribution >= 0.6 is 23.2 Å². The monoisotopic (exact) mass is 793 g/mol. The third kappa shape index (κ3) is 9.76. The van der Waals surface area contributed by atoms with Crippen molar-refractivity contribution in [1.82, 2.24) is 9.97 Å². The number of benzene rings is 4. The average Bonchev–Trinajstić information content (AvgIpc) is 2.95. The van der Waals surface area contributed by atoms with Crippen molar-refractivity contribution in [3.8, 4) is 5.75 Å². The fourth-order valence-electron chi connectivity index (χ4n) is 4.13. The molecule has 0 aliphatic rings. The molecule has 4 aromatic carbocycles. The number of halogens is 2. The smallest absolute Gasteiger partial charge is 0.870 e. The molecule has 0 spiro atoms. The first-order valence-corrected chi connectivity index (χ1v) is 17.0. The van der Waals surface area contributed by atoms with Gasteiger partial charge in [-0.3, -0.25) is 14.1 Å². The molecule has 1 heterocycles. The van der Waals surface area contributed by atoms with Crippen LogP contribution in [-0.4, -0.2) is 54.8 Å². The number of fused-ring (bicyclic) bond motifs is 2. The third-order valence-electron chi connectivity index (χ3n) is 6.10. The van der Waals surface area contributed by atoms with Crippen LogP contribution in [0.5, 0.6) is 5.75 Å². The Bertz CT molecular complexity index is 2530. The normalized spacial score (nSPS) is 12.4. The Morgan fingerprint density at radius 1 is 0.735 bits per heavy atom. The molecule has 0 atom stereocenters. The maximum absolute atomic E-state index is 13.7. The largest absolute Gasteiger partial charge is 1.00 e. The first-order chi connectivity index (χ1) is 21.3. The van der Waals surface area contributed by atoms with Gasteiger partial charge in [-0.15, -0.1) is 10.2 Å². The molecule has 24 heteroatoms. The van der Waals surface area contributed by atoms with E-state index in [9.17, 15) is 49.1 Å². The van der Waals surface area contributed by atoms with Crippen LogP contribution in [-0.2, 0) is 30.4 Å². The van der Waals surface area contributed by atoms with E-state index in [-0.39, 0.29) is 116 Å². The van der Waals surface area contributed by atoms with E-state index in [1.807, 2.05) is 0 Å². The van der Waals surface area contributed by atoms with Crippen molar-refractivity contribution in [1.29, 1.82) is 0 Å². The van der Waals surface area contributed by atoms with Gasteiger partial charge in [0.2, 0.25) is 0 Å². The Balaban J connectivity index is 0.00000278. The maximum atomic E-state index is 13.7. The Morgan fingerprint density at radius 3 is 1.92 bits per heavy atom. The molecule has 5 aromatic rings. The summed E-state index contributed by atoms with van der Waals surface area (Å²) in [6.07, 6.45) is 0. The zero-order chi connectivity index (χ0) is 33.8. The van der Waals surface area contributed by atoms with Crippen LogP contribution in [0.1, 0.15) is 5.56 Å². The minimum Gasteiger partial charge on any atom is -0.870 e. The Kier molecular flexibility index (Phi) is 14.8. The van der Waals surface area contributed by atoms with E-state index in [1.165, 1.54) is 30.3 Å². The summed E-state index contributed by atoms with van der Waals surface area (Å²) in [5, 5.41) is 32.5. The number of hydrogen-bond donors (Lipinski definition) is 2. The van der Waals surface area contributed by atoms with Crippen molar-refractivity contribution in [3.05, 3.63) is 76.5 Å². The van der Waals surface area contributed by atoms with E-state index in [2.05, 4.69) is 25.2 Å². The molecule has 0 aliphatic heterocycles. The predicted octanol–water partition coefficient (Wildman–Crippen LogP) is -5.57. The van der Waals surface area contributed by atoms with Crippen LogP contribution in [0.4, 0.5) is 17.1 Å². The molecule has 0 saturated carbocycles. The van der Waals surface area contributed by atoms with Crippen molar-refractivity contribution < 1.29 is 138 Å². The summed E-state index contributed by atoms with van der Waals surface area (Å²) in [4.78, 5) is 8.77. The molecule has 238 valence electrons. The number of hydrogen-bond acceptors (Lipinski definition) is 14. The van der Waals surface area contributed by atoms with Gasteiger partial charge in [0.05, 0.1) is 27.3 Å². The zero-order valence-electron chi connectivity index (χ0n) is 25.1. The summed E-state index contributed by atoms with van der Waals surface area (Å²) in [6.45, 7) is 0. The number of aromatic nitrogens is 2. The summed E-state index contributed by atoms with van der Waals surface area (Å²) in [5.74, 6) is -2.48. The summed E-state index contributed by atoms with van der Waals surface area (Å²) >= 11 is 11.7. The zero-order valence-corrected chi connectivity index (χ0v) is 35.0. The van der Waals surface area contributed by atoms with Gasteiger partial charge in [-0.25, -0.2) is 18.4 Å². The Morgan fingerprint density at radius 2 is 1.33 bits per heavy atom. The second kappa shape index (κ2) is 16.6. The fourth-order valence-corrected chi connectivity index (χ4v) is 6.20. The predicted molar refractivity (Wildman–Crippen MR) is 157 cm³/mol. The second-order valence-corrected chi connectivity index (χ2v) is 14.0. The standard InChI is InChI=1S/C25H15Cl2N5O11S3.3Na/c26-23-24(27)29-16-8-11(5-6-14(16)28-23)25(34)30-17-10-13(44(35,36)37)7-12-9-19(46(41,42)43)21(22(33)20(12)17)32-31-15-3-1-2-4-18(15)45(38,39)40;;;/h1-10,33H,(H,30,34)(H,35,36,37)(H,38,39,40)(H,41,42,43);;;/q;3*+1/p-3. The van der Waals surface area contributed by atoms with Crippen LogP contribution in [0.25, 0.3) is 21.8 Å². The number of aliphatic imine (C=N–C) groups is 1. The van der Waals surface area contributed by atoms with E-state index in [1.54, 1.807) is 0 Å². The van der Waals surface area contributed by atoms with Crippen LogP contribution < -0.4 is 98.9 Å². The molecule has 16 nitrogen and oxygen atoms in total. The average molecular weight is 794 g/mol. The van der Waals surface area contributed by atoms with E-state index in [4.69, 9.17) is 23.2 Å². The summed E-state index contributed by atoms with van der Waals surface area (Å²) < 4.78 is 103. The fraction of sp³-hybridized carbons (Fsp3) is 0. The molecule has 0 bridgehead atoms. The minimum atomic E-state index is -5.32. The van der Waals surface area contributed by atoms with Gasteiger partial charge in [-0.05, 0) is 59.3 Å². The number of azo groups is 1. The van der Waals surface area contributed by atoms with E-state index in [0.29, 0.717) is 18.2 Å². The number of rotatable bonds is 7. The minimum absolute atomic E-state index is 0.